The molecule has 0 amide bonds. The largest absolute Gasteiger partial charge is 0.203 e. The molecule has 0 heterocycles. The lowest BCUT2D eigenvalue weighted by atomic mass is 9.68. The van der Waals surface area contributed by atoms with Crippen molar-refractivity contribution in [3.8, 4) is 0 Å². The highest BCUT2D eigenvalue weighted by Crippen LogP contribution is 2.45. The fraction of sp³-hybridized carbons (Fsp3) is 0.680. The quantitative estimate of drug-likeness (QED) is 0.471. The zero-order chi connectivity index (χ0) is 19.6. The van der Waals surface area contributed by atoms with Gasteiger partial charge in [-0.3, -0.25) is 0 Å². The first-order valence-electron chi connectivity index (χ1n) is 10.9. The Morgan fingerprint density at radius 3 is 1.89 bits per heavy atom. The average Bonchev–Trinajstić information content (AvgIpc) is 2.64. The summed E-state index contributed by atoms with van der Waals surface area (Å²) in [5, 5.41) is 0. The Morgan fingerprint density at radius 2 is 1.37 bits per heavy atom. The Kier molecular flexibility index (Phi) is 6.43. The minimum Gasteiger partial charge on any atom is -0.203 e. The van der Waals surface area contributed by atoms with Crippen molar-refractivity contribution in [1.82, 2.24) is 0 Å². The van der Waals surface area contributed by atoms with E-state index in [1.54, 1.807) is 0 Å². The van der Waals surface area contributed by atoms with Crippen molar-refractivity contribution in [1.29, 1.82) is 0 Å². The van der Waals surface area contributed by atoms with Crippen molar-refractivity contribution < 1.29 is 8.78 Å². The number of benzene rings is 1. The average molecular weight is 375 g/mol. The maximum Gasteiger partial charge on any atom is 0.162 e. The Balaban J connectivity index is 1.61. The summed E-state index contributed by atoms with van der Waals surface area (Å²) in [4.78, 5) is 0. The maximum absolute atomic E-state index is 14.8. The van der Waals surface area contributed by atoms with Crippen LogP contribution in [0.3, 0.4) is 0 Å². The number of allylic oxidation sites excluding steroid dienone is 2. The van der Waals surface area contributed by atoms with Gasteiger partial charge in [0.15, 0.2) is 11.6 Å². The van der Waals surface area contributed by atoms with Crippen molar-refractivity contribution in [2.45, 2.75) is 90.4 Å². The van der Waals surface area contributed by atoms with Gasteiger partial charge in [0.25, 0.3) is 0 Å². The highest BCUT2D eigenvalue weighted by atomic mass is 19.2. The van der Waals surface area contributed by atoms with Crippen LogP contribution in [-0.2, 0) is 5.41 Å². The summed E-state index contributed by atoms with van der Waals surface area (Å²) >= 11 is 0. The topological polar surface area (TPSA) is 0 Å². The molecule has 0 aromatic heterocycles. The number of hydrogen-bond acceptors (Lipinski definition) is 0. The molecule has 1 aromatic carbocycles. The van der Waals surface area contributed by atoms with Crippen molar-refractivity contribution >= 4 is 0 Å². The molecule has 2 saturated carbocycles. The predicted octanol–water partition coefficient (Wildman–Crippen LogP) is 7.92. The summed E-state index contributed by atoms with van der Waals surface area (Å²) in [6, 6.07) is 3.66. The van der Waals surface area contributed by atoms with Gasteiger partial charge >= 0.3 is 0 Å². The third-order valence-corrected chi connectivity index (χ3v) is 7.08. The SMILES string of the molecule is CC=CC1CCC(C2CCC(c3ccc(C(C)(C)C)c(F)c3F)CC2)CC1. The summed E-state index contributed by atoms with van der Waals surface area (Å²) in [5.41, 5.74) is 0.721. The molecule has 0 spiro atoms. The second-order valence-electron chi connectivity index (χ2n) is 9.89. The first kappa shape index (κ1) is 20.6. The monoisotopic (exact) mass is 374 g/mol. The van der Waals surface area contributed by atoms with Gasteiger partial charge in [-0.15, -0.1) is 0 Å². The van der Waals surface area contributed by atoms with E-state index in [-0.39, 0.29) is 11.3 Å². The van der Waals surface area contributed by atoms with E-state index in [2.05, 4.69) is 19.1 Å². The zero-order valence-electron chi connectivity index (χ0n) is 17.5. The van der Waals surface area contributed by atoms with Gasteiger partial charge in [0, 0.05) is 0 Å². The van der Waals surface area contributed by atoms with E-state index >= 15 is 0 Å². The van der Waals surface area contributed by atoms with Crippen LogP contribution >= 0.6 is 0 Å². The molecule has 0 atom stereocenters. The van der Waals surface area contributed by atoms with Crippen molar-refractivity contribution in [2.24, 2.45) is 17.8 Å². The summed E-state index contributed by atoms with van der Waals surface area (Å²) in [6.45, 7) is 7.91. The van der Waals surface area contributed by atoms with Crippen LogP contribution in [0.25, 0.3) is 0 Å². The number of hydrogen-bond donors (Lipinski definition) is 0. The van der Waals surface area contributed by atoms with Crippen LogP contribution in [0, 0.1) is 29.4 Å². The highest BCUT2D eigenvalue weighted by molar-refractivity contribution is 5.33. The first-order valence-corrected chi connectivity index (χ1v) is 10.9. The lowest BCUT2D eigenvalue weighted by Gasteiger charge is -2.37. The van der Waals surface area contributed by atoms with E-state index in [1.165, 1.54) is 38.5 Å². The molecule has 1 aromatic rings. The molecule has 150 valence electrons. The predicted molar refractivity (Wildman–Crippen MR) is 110 cm³/mol. The Labute approximate surface area is 164 Å². The molecular formula is C25H36F2. The van der Waals surface area contributed by atoms with Crippen LogP contribution in [0.4, 0.5) is 8.78 Å². The van der Waals surface area contributed by atoms with Gasteiger partial charge < -0.3 is 0 Å². The molecule has 0 radical (unpaired) electrons. The van der Waals surface area contributed by atoms with Gasteiger partial charge in [0.2, 0.25) is 0 Å². The van der Waals surface area contributed by atoms with Gasteiger partial charge in [-0.1, -0.05) is 45.1 Å². The third-order valence-electron chi connectivity index (χ3n) is 7.08. The Morgan fingerprint density at radius 1 is 0.815 bits per heavy atom. The molecule has 0 bridgehead atoms. The van der Waals surface area contributed by atoms with E-state index < -0.39 is 11.6 Å². The van der Waals surface area contributed by atoms with E-state index in [4.69, 9.17) is 0 Å². The van der Waals surface area contributed by atoms with Crippen LogP contribution in [0.2, 0.25) is 0 Å². The lowest BCUT2D eigenvalue weighted by Crippen LogP contribution is -2.25. The minimum absolute atomic E-state index is 0.184. The van der Waals surface area contributed by atoms with E-state index in [9.17, 15) is 8.78 Å². The molecular weight excluding hydrogens is 338 g/mol. The van der Waals surface area contributed by atoms with Crippen molar-refractivity contribution in [2.75, 3.05) is 0 Å². The van der Waals surface area contributed by atoms with Gasteiger partial charge in [-0.25, -0.2) is 8.78 Å². The maximum atomic E-state index is 14.8. The lowest BCUT2D eigenvalue weighted by molar-refractivity contribution is 0.170. The van der Waals surface area contributed by atoms with Gasteiger partial charge in [0.1, 0.15) is 0 Å². The minimum atomic E-state index is -0.635. The summed E-state index contributed by atoms with van der Waals surface area (Å²) in [6.07, 6.45) is 14.2. The van der Waals surface area contributed by atoms with E-state index in [0.29, 0.717) is 11.1 Å². The Bertz CT molecular complexity index is 652. The van der Waals surface area contributed by atoms with Crippen molar-refractivity contribution in [3.63, 3.8) is 0 Å². The summed E-state index contributed by atoms with van der Waals surface area (Å²) in [5.74, 6) is 1.36. The molecule has 3 rings (SSSR count). The van der Waals surface area contributed by atoms with E-state index in [1.807, 2.05) is 32.9 Å². The van der Waals surface area contributed by atoms with Gasteiger partial charge in [-0.05, 0) is 98.5 Å². The molecule has 2 aliphatic carbocycles. The van der Waals surface area contributed by atoms with Crippen molar-refractivity contribution in [3.05, 3.63) is 47.0 Å². The van der Waals surface area contributed by atoms with Crippen LogP contribution < -0.4 is 0 Å². The molecule has 0 nitrogen and oxygen atoms in total. The number of halogens is 2. The molecule has 2 aliphatic rings. The third kappa shape index (κ3) is 4.63. The van der Waals surface area contributed by atoms with Gasteiger partial charge in [0.05, 0.1) is 0 Å². The smallest absolute Gasteiger partial charge is 0.162 e. The van der Waals surface area contributed by atoms with Gasteiger partial charge in [-0.2, -0.15) is 0 Å². The molecule has 0 N–H and O–H groups in total. The fourth-order valence-corrected chi connectivity index (χ4v) is 5.44. The highest BCUT2D eigenvalue weighted by Gasteiger charge is 2.32. The number of rotatable bonds is 3. The van der Waals surface area contributed by atoms with Crippen LogP contribution in [-0.4, -0.2) is 0 Å². The summed E-state index contributed by atoms with van der Waals surface area (Å²) < 4.78 is 29.4. The standard InChI is InChI=1S/C25H36F2/c1-5-6-17-7-9-18(10-8-17)19-11-13-20(14-12-19)21-15-16-22(25(2,3)4)24(27)23(21)26/h5-6,15-20H,7-14H2,1-4H3. The molecule has 0 unspecified atom stereocenters. The van der Waals surface area contributed by atoms with Crippen LogP contribution in [0.15, 0.2) is 24.3 Å². The molecule has 0 saturated heterocycles. The molecule has 0 aliphatic heterocycles. The fourth-order valence-electron chi connectivity index (χ4n) is 5.44. The molecule has 2 fully saturated rings. The van der Waals surface area contributed by atoms with E-state index in [0.717, 1.165) is 30.6 Å². The molecule has 27 heavy (non-hydrogen) atoms. The molecule has 2 heteroatoms. The van der Waals surface area contributed by atoms with Crippen LogP contribution in [0.5, 0.6) is 0 Å². The summed E-state index contributed by atoms with van der Waals surface area (Å²) in [7, 11) is 0. The second-order valence-corrected chi connectivity index (χ2v) is 9.89. The second kappa shape index (κ2) is 8.45. The first-order chi connectivity index (χ1) is 12.8. The van der Waals surface area contributed by atoms with Crippen LogP contribution in [0.1, 0.15) is 96.1 Å². The zero-order valence-corrected chi connectivity index (χ0v) is 17.5. The Hall–Kier alpha value is -1.18. The normalized spacial score (nSPS) is 30.0.